The zero-order valence-corrected chi connectivity index (χ0v) is 16.9. The molecule has 1 N–H and O–H groups in total. The second-order valence-electron chi connectivity index (χ2n) is 7.36. The van der Waals surface area contributed by atoms with Crippen molar-refractivity contribution in [3.05, 3.63) is 80.4 Å². The molecule has 0 bridgehead atoms. The average Bonchev–Trinajstić information content (AvgIpc) is 2.79. The van der Waals surface area contributed by atoms with E-state index < -0.39 is 10.9 Å². The third-order valence-electron chi connectivity index (χ3n) is 5.55. The third-order valence-corrected chi connectivity index (χ3v) is 5.55. The van der Waals surface area contributed by atoms with E-state index in [0.29, 0.717) is 44.1 Å². The van der Waals surface area contributed by atoms with Crippen molar-refractivity contribution in [3.8, 4) is 5.75 Å². The van der Waals surface area contributed by atoms with Crippen molar-refractivity contribution in [3.63, 3.8) is 0 Å². The van der Waals surface area contributed by atoms with Crippen LogP contribution in [0.4, 0.5) is 21.5 Å². The maximum Gasteiger partial charge on any atom is 0.253 e. The van der Waals surface area contributed by atoms with Crippen molar-refractivity contribution in [2.45, 2.75) is 6.42 Å². The molecule has 30 heavy (non-hydrogen) atoms. The number of methoxy groups -OCH3 is 1. The fourth-order valence-electron chi connectivity index (χ4n) is 3.81. The van der Waals surface area contributed by atoms with Crippen LogP contribution in [0.25, 0.3) is 0 Å². The van der Waals surface area contributed by atoms with E-state index in [1.807, 2.05) is 29.2 Å². The Morgan fingerprint density at radius 1 is 0.900 bits per heavy atom. The van der Waals surface area contributed by atoms with Gasteiger partial charge in [0.25, 0.3) is 10.9 Å². The fourth-order valence-corrected chi connectivity index (χ4v) is 3.81. The molecule has 0 spiro atoms. The number of nitrogens with zero attached hydrogens (tertiary/aromatic N) is 2. The van der Waals surface area contributed by atoms with Crippen LogP contribution in [0.2, 0.25) is 0 Å². The largest absolute Gasteiger partial charge is 0.497 e. The van der Waals surface area contributed by atoms with Gasteiger partial charge in [0.15, 0.2) is 0 Å². The Morgan fingerprint density at radius 2 is 1.53 bits per heavy atom. The molecule has 0 aromatic heterocycles. The van der Waals surface area contributed by atoms with Crippen molar-refractivity contribution >= 4 is 17.1 Å². The van der Waals surface area contributed by atoms with E-state index in [4.69, 9.17) is 4.74 Å². The lowest BCUT2D eigenvalue weighted by Gasteiger charge is -2.38. The summed E-state index contributed by atoms with van der Waals surface area (Å²) >= 11 is 0. The second kappa shape index (κ2) is 8.57. The summed E-state index contributed by atoms with van der Waals surface area (Å²) in [7, 11) is 1.63. The quantitative estimate of drug-likeness (QED) is 0.605. The molecule has 6 nitrogen and oxygen atoms in total. The Hall–Kier alpha value is -3.35. The molecule has 0 unspecified atom stereocenters. The van der Waals surface area contributed by atoms with Crippen molar-refractivity contribution in [1.82, 2.24) is 0 Å². The minimum Gasteiger partial charge on any atom is -0.497 e. The van der Waals surface area contributed by atoms with Gasteiger partial charge in [0.2, 0.25) is 0 Å². The Labute approximate surface area is 174 Å². The number of piperazine rings is 1. The Bertz CT molecular complexity index is 1060. The molecular weight excluding hydrogens is 385 g/mol. The van der Waals surface area contributed by atoms with Gasteiger partial charge >= 0.3 is 0 Å². The van der Waals surface area contributed by atoms with Gasteiger partial charge in [-0.2, -0.15) is 0 Å². The molecule has 7 heteroatoms. The van der Waals surface area contributed by atoms with Gasteiger partial charge in [-0.15, -0.1) is 0 Å². The summed E-state index contributed by atoms with van der Waals surface area (Å²) in [5.74, 6) is 0.544. The normalized spacial score (nSPS) is 14.2. The van der Waals surface area contributed by atoms with Gasteiger partial charge in [0.1, 0.15) is 22.9 Å². The van der Waals surface area contributed by atoms with E-state index in [-0.39, 0.29) is 5.82 Å². The Morgan fingerprint density at radius 3 is 2.17 bits per heavy atom. The second-order valence-corrected chi connectivity index (χ2v) is 7.36. The smallest absolute Gasteiger partial charge is 0.253 e. The van der Waals surface area contributed by atoms with Crippen LogP contribution >= 0.6 is 0 Å². The predicted octanol–water partition coefficient (Wildman–Crippen LogP) is 2.41. The van der Waals surface area contributed by atoms with Crippen molar-refractivity contribution < 1.29 is 9.13 Å². The topological polar surface area (TPSA) is 61.9 Å². The van der Waals surface area contributed by atoms with E-state index in [0.717, 1.165) is 23.4 Å². The molecule has 0 atom stereocenters. The molecule has 0 radical (unpaired) electrons. The molecule has 1 fully saturated rings. The summed E-state index contributed by atoms with van der Waals surface area (Å²) in [6.07, 6.45) is 0.737. The average molecular weight is 409 g/mol. The molecule has 0 saturated carbocycles. The molecule has 0 amide bonds. The molecule has 3 aromatic rings. The van der Waals surface area contributed by atoms with Gasteiger partial charge in [0.05, 0.1) is 7.11 Å². The molecule has 1 aliphatic heterocycles. The maximum atomic E-state index is 13.1. The number of benzene rings is 2. The van der Waals surface area contributed by atoms with Crippen LogP contribution in [-0.2, 0) is 6.42 Å². The van der Waals surface area contributed by atoms with Crippen LogP contribution in [0.15, 0.2) is 58.1 Å². The van der Waals surface area contributed by atoms with Crippen LogP contribution < -0.4 is 30.7 Å². The van der Waals surface area contributed by atoms with Gasteiger partial charge in [-0.25, -0.2) is 4.39 Å². The number of nitrogens with one attached hydrogen (secondary N) is 1. The first-order valence-electron chi connectivity index (χ1n) is 10.0. The molecule has 1 aliphatic rings. The van der Waals surface area contributed by atoms with Gasteiger partial charge in [-0.1, -0.05) is 12.1 Å². The van der Waals surface area contributed by atoms with E-state index in [1.54, 1.807) is 19.2 Å². The fraction of sp³-hybridized carbons (Fsp3) is 0.304. The summed E-state index contributed by atoms with van der Waals surface area (Å²) in [5.41, 5.74) is 2.13. The lowest BCUT2D eigenvalue weighted by molar-refractivity contribution is 0.414. The van der Waals surface area contributed by atoms with Crippen LogP contribution in [0.3, 0.4) is 0 Å². The molecule has 0 aliphatic carbocycles. The predicted molar refractivity (Wildman–Crippen MR) is 117 cm³/mol. The summed E-state index contributed by atoms with van der Waals surface area (Å²) in [6.45, 7) is 3.25. The first kappa shape index (κ1) is 19.9. The highest BCUT2D eigenvalue weighted by Gasteiger charge is 2.28. The number of halogens is 1. The Kier molecular flexibility index (Phi) is 5.70. The van der Waals surface area contributed by atoms with Crippen molar-refractivity contribution in [2.75, 3.05) is 55.0 Å². The van der Waals surface area contributed by atoms with Crippen LogP contribution in [-0.4, -0.2) is 39.8 Å². The lowest BCUT2D eigenvalue weighted by Crippen LogP contribution is -2.51. The maximum absolute atomic E-state index is 13.1. The zero-order valence-electron chi connectivity index (χ0n) is 16.9. The number of hydrogen-bond donors (Lipinski definition) is 1. The first-order chi connectivity index (χ1) is 14.6. The minimum absolute atomic E-state index is 0.258. The number of ether oxygens (including phenoxy) is 1. The van der Waals surface area contributed by atoms with Gasteiger partial charge < -0.3 is 19.9 Å². The van der Waals surface area contributed by atoms with Crippen molar-refractivity contribution in [2.24, 2.45) is 0 Å². The number of rotatable bonds is 7. The first-order valence-corrected chi connectivity index (χ1v) is 10.0. The number of hydrogen-bond acceptors (Lipinski definition) is 6. The molecular formula is C23H24FN3O3. The number of anilines is 3. The molecule has 1 saturated heterocycles. The van der Waals surface area contributed by atoms with E-state index in [1.165, 1.54) is 12.1 Å². The van der Waals surface area contributed by atoms with Crippen LogP contribution in [0.5, 0.6) is 5.75 Å². The minimum atomic E-state index is -0.444. The Balaban J connectivity index is 1.35. The lowest BCUT2D eigenvalue weighted by atomic mass is 10.1. The summed E-state index contributed by atoms with van der Waals surface area (Å²) < 4.78 is 18.3. The van der Waals surface area contributed by atoms with E-state index in [2.05, 4.69) is 10.2 Å². The van der Waals surface area contributed by atoms with E-state index in [9.17, 15) is 14.0 Å². The molecule has 156 valence electrons. The van der Waals surface area contributed by atoms with Gasteiger partial charge in [-0.05, 0) is 48.4 Å². The van der Waals surface area contributed by atoms with E-state index >= 15 is 0 Å². The molecule has 4 rings (SSSR count). The highest BCUT2D eigenvalue weighted by atomic mass is 19.1. The van der Waals surface area contributed by atoms with Gasteiger partial charge in [0, 0.05) is 38.4 Å². The SMILES string of the molecule is COc1ccc(CCNc2c(N3CCN(c4ccc(F)cc4)CC3)c(=O)c2=O)cc1. The summed E-state index contributed by atoms with van der Waals surface area (Å²) in [6, 6.07) is 14.2. The third kappa shape index (κ3) is 4.01. The van der Waals surface area contributed by atoms with Crippen LogP contribution in [0, 0.1) is 5.82 Å². The summed E-state index contributed by atoms with van der Waals surface area (Å²) in [5, 5.41) is 3.15. The van der Waals surface area contributed by atoms with Crippen molar-refractivity contribution in [1.29, 1.82) is 0 Å². The molecule has 3 aromatic carbocycles. The monoisotopic (exact) mass is 409 g/mol. The van der Waals surface area contributed by atoms with Crippen LogP contribution in [0.1, 0.15) is 5.56 Å². The highest BCUT2D eigenvalue weighted by Crippen LogP contribution is 2.24. The highest BCUT2D eigenvalue weighted by molar-refractivity contribution is 5.75. The summed E-state index contributed by atoms with van der Waals surface area (Å²) in [4.78, 5) is 28.4. The van der Waals surface area contributed by atoms with Gasteiger partial charge in [-0.3, -0.25) is 9.59 Å². The standard InChI is InChI=1S/C23H24FN3O3/c1-30-19-8-2-16(3-9-19)10-11-25-20-21(23(29)22(20)28)27-14-12-26(13-15-27)18-6-4-17(24)5-7-18/h2-9,25H,10-15H2,1H3. The molecule has 1 heterocycles. The zero-order chi connectivity index (χ0) is 21.1.